The van der Waals surface area contributed by atoms with Crippen LogP contribution in [0.3, 0.4) is 0 Å². The normalized spacial score (nSPS) is 14.0. The van der Waals surface area contributed by atoms with E-state index in [0.717, 1.165) is 6.07 Å². The molecule has 0 radical (unpaired) electrons. The molecular formula is C13H18N2O7S. The Balaban J connectivity index is 2.75. The van der Waals surface area contributed by atoms with Crippen molar-refractivity contribution in [1.29, 1.82) is 0 Å². The van der Waals surface area contributed by atoms with Crippen molar-refractivity contribution in [1.82, 2.24) is 5.32 Å². The molecule has 0 aliphatic heterocycles. The van der Waals surface area contributed by atoms with E-state index in [0.29, 0.717) is 17.6 Å². The fourth-order valence-electron chi connectivity index (χ4n) is 1.65. The summed E-state index contributed by atoms with van der Waals surface area (Å²) >= 11 is 0.595. The van der Waals surface area contributed by atoms with E-state index in [2.05, 4.69) is 5.32 Å². The smallest absolute Gasteiger partial charge is 0.407 e. The van der Waals surface area contributed by atoms with Crippen LogP contribution < -0.4 is 5.32 Å². The number of aldehydes is 1. The van der Waals surface area contributed by atoms with E-state index in [-0.39, 0.29) is 17.0 Å². The highest BCUT2D eigenvalue weighted by molar-refractivity contribution is 7.17. The number of alkyl carbamates (subject to hydrolysis) is 1. The molecule has 1 aromatic heterocycles. The van der Waals surface area contributed by atoms with Gasteiger partial charge in [-0.25, -0.2) is 4.79 Å². The maximum absolute atomic E-state index is 11.5. The lowest BCUT2D eigenvalue weighted by Gasteiger charge is -2.21. The van der Waals surface area contributed by atoms with Gasteiger partial charge < -0.3 is 20.3 Å². The number of carbonyl (C=O) groups is 2. The van der Waals surface area contributed by atoms with Crippen LogP contribution in [0.15, 0.2) is 6.07 Å². The highest BCUT2D eigenvalue weighted by Crippen LogP contribution is 2.35. The Morgan fingerprint density at radius 1 is 1.52 bits per heavy atom. The lowest BCUT2D eigenvalue weighted by atomic mass is 10.1. The van der Waals surface area contributed by atoms with Gasteiger partial charge in [0.25, 0.3) is 0 Å². The number of carbonyl (C=O) groups excluding carboxylic acids is 2. The fourth-order valence-corrected chi connectivity index (χ4v) is 2.48. The molecule has 1 aromatic rings. The van der Waals surface area contributed by atoms with Crippen LogP contribution in [0.25, 0.3) is 0 Å². The van der Waals surface area contributed by atoms with E-state index in [1.807, 2.05) is 0 Å². The minimum absolute atomic E-state index is 0.0538. The van der Waals surface area contributed by atoms with Crippen molar-refractivity contribution >= 4 is 28.7 Å². The van der Waals surface area contributed by atoms with Gasteiger partial charge >= 0.3 is 11.1 Å². The van der Waals surface area contributed by atoms with Crippen LogP contribution in [-0.2, 0) is 4.74 Å². The third-order valence-corrected chi connectivity index (χ3v) is 3.61. The number of nitro groups is 1. The van der Waals surface area contributed by atoms with Gasteiger partial charge in [0, 0.05) is 6.54 Å². The molecule has 9 nitrogen and oxygen atoms in total. The van der Waals surface area contributed by atoms with Gasteiger partial charge in [-0.15, -0.1) is 0 Å². The SMILES string of the molecule is CC(C)(C)OC(=O)NCC(O)C(O)c1cc(C=O)sc1[N+](=O)[O-]. The van der Waals surface area contributed by atoms with Crippen molar-refractivity contribution in [3.63, 3.8) is 0 Å². The quantitative estimate of drug-likeness (QED) is 0.402. The van der Waals surface area contributed by atoms with Crippen molar-refractivity contribution in [3.05, 3.63) is 26.6 Å². The zero-order valence-electron chi connectivity index (χ0n) is 12.8. The number of aliphatic hydroxyl groups is 2. The summed E-state index contributed by atoms with van der Waals surface area (Å²) in [7, 11) is 0. The molecular weight excluding hydrogens is 328 g/mol. The second-order valence-corrected chi connectivity index (χ2v) is 6.74. The van der Waals surface area contributed by atoms with Crippen LogP contribution >= 0.6 is 11.3 Å². The Labute approximate surface area is 136 Å². The summed E-state index contributed by atoms with van der Waals surface area (Å²) in [6.45, 7) is 4.61. The van der Waals surface area contributed by atoms with Crippen molar-refractivity contribution in [2.45, 2.75) is 38.6 Å². The lowest BCUT2D eigenvalue weighted by Crippen LogP contribution is -2.38. The number of amides is 1. The molecule has 0 bridgehead atoms. The fraction of sp³-hybridized carbons (Fsp3) is 0.538. The molecule has 0 aliphatic carbocycles. The molecule has 1 amide bonds. The second kappa shape index (κ2) is 7.49. The predicted octanol–water partition coefficient (Wildman–Crippen LogP) is 1.39. The molecule has 23 heavy (non-hydrogen) atoms. The summed E-state index contributed by atoms with van der Waals surface area (Å²) in [6, 6.07) is 1.14. The maximum Gasteiger partial charge on any atom is 0.407 e. The molecule has 0 spiro atoms. The molecule has 2 unspecified atom stereocenters. The third kappa shape index (κ3) is 5.58. The summed E-state index contributed by atoms with van der Waals surface area (Å²) in [4.78, 5) is 32.4. The number of rotatable bonds is 6. The summed E-state index contributed by atoms with van der Waals surface area (Å²) in [6.07, 6.45) is -3.51. The van der Waals surface area contributed by atoms with Gasteiger partial charge in [-0.1, -0.05) is 11.3 Å². The van der Waals surface area contributed by atoms with Crippen LogP contribution in [0.4, 0.5) is 9.80 Å². The average molecular weight is 346 g/mol. The van der Waals surface area contributed by atoms with Gasteiger partial charge in [0.15, 0.2) is 6.29 Å². The van der Waals surface area contributed by atoms with Crippen molar-refractivity contribution in [3.8, 4) is 0 Å². The number of hydrogen-bond donors (Lipinski definition) is 3. The van der Waals surface area contributed by atoms with Gasteiger partial charge in [0.2, 0.25) is 0 Å². The molecule has 3 N–H and O–H groups in total. The monoisotopic (exact) mass is 346 g/mol. The first kappa shape index (κ1) is 19.0. The second-order valence-electron chi connectivity index (χ2n) is 5.68. The Morgan fingerprint density at radius 3 is 2.61 bits per heavy atom. The number of aliphatic hydroxyl groups excluding tert-OH is 2. The largest absolute Gasteiger partial charge is 0.444 e. The van der Waals surface area contributed by atoms with Gasteiger partial charge in [-0.3, -0.25) is 14.9 Å². The highest BCUT2D eigenvalue weighted by Gasteiger charge is 2.30. The highest BCUT2D eigenvalue weighted by atomic mass is 32.1. The summed E-state index contributed by atoms with van der Waals surface area (Å²) in [5, 5.41) is 32.6. The molecule has 1 heterocycles. The first-order valence-corrected chi connectivity index (χ1v) is 7.43. The minimum atomic E-state index is -1.63. The third-order valence-electron chi connectivity index (χ3n) is 2.58. The molecule has 10 heteroatoms. The standard InChI is InChI=1S/C13H18N2O7S/c1-13(2,3)22-12(19)14-5-9(17)10(18)8-4-7(6-16)23-11(8)15(20)21/h4,6,9-10,17-18H,5H2,1-3H3,(H,14,19). The van der Waals surface area contributed by atoms with Gasteiger partial charge in [-0.05, 0) is 26.8 Å². The first-order chi connectivity index (χ1) is 10.5. The van der Waals surface area contributed by atoms with Crippen molar-refractivity contribution < 1.29 is 29.5 Å². The Kier molecular flexibility index (Phi) is 6.19. The van der Waals surface area contributed by atoms with E-state index in [1.165, 1.54) is 0 Å². The van der Waals surface area contributed by atoms with E-state index < -0.39 is 33.8 Å². The van der Waals surface area contributed by atoms with E-state index in [1.54, 1.807) is 20.8 Å². The molecule has 128 valence electrons. The average Bonchev–Trinajstić information content (AvgIpc) is 2.86. The molecule has 2 atom stereocenters. The molecule has 1 rings (SSSR count). The summed E-state index contributed by atoms with van der Waals surface area (Å²) in [5.41, 5.74) is -0.904. The maximum atomic E-state index is 11.5. The molecule has 0 saturated heterocycles. The summed E-state index contributed by atoms with van der Waals surface area (Å²) < 4.78 is 4.96. The van der Waals surface area contributed by atoms with E-state index in [9.17, 15) is 29.9 Å². The number of nitrogens with one attached hydrogen (secondary N) is 1. The number of ether oxygens (including phenoxy) is 1. The van der Waals surface area contributed by atoms with Gasteiger partial charge in [-0.2, -0.15) is 0 Å². The zero-order valence-corrected chi connectivity index (χ0v) is 13.6. The van der Waals surface area contributed by atoms with Crippen LogP contribution in [-0.4, -0.2) is 45.8 Å². The van der Waals surface area contributed by atoms with Crippen molar-refractivity contribution in [2.24, 2.45) is 0 Å². The zero-order chi connectivity index (χ0) is 17.8. The molecule has 0 aromatic carbocycles. The lowest BCUT2D eigenvalue weighted by molar-refractivity contribution is -0.381. The topological polar surface area (TPSA) is 139 Å². The minimum Gasteiger partial charge on any atom is -0.444 e. The Morgan fingerprint density at radius 2 is 2.13 bits per heavy atom. The Bertz CT molecular complexity index is 594. The molecule has 0 aliphatic rings. The van der Waals surface area contributed by atoms with Crippen LogP contribution in [0.5, 0.6) is 0 Å². The van der Waals surface area contributed by atoms with Crippen molar-refractivity contribution in [2.75, 3.05) is 6.54 Å². The molecule has 0 fully saturated rings. The number of hydrogen-bond acceptors (Lipinski definition) is 8. The van der Waals surface area contributed by atoms with Gasteiger partial charge in [0.05, 0.1) is 15.4 Å². The van der Waals surface area contributed by atoms with E-state index in [4.69, 9.17) is 4.74 Å². The van der Waals surface area contributed by atoms with Crippen LogP contribution in [0.2, 0.25) is 0 Å². The van der Waals surface area contributed by atoms with E-state index >= 15 is 0 Å². The predicted molar refractivity (Wildman–Crippen MR) is 81.6 cm³/mol. The number of thiophene rings is 1. The van der Waals surface area contributed by atoms with Crippen LogP contribution in [0.1, 0.15) is 42.1 Å². The van der Waals surface area contributed by atoms with Crippen LogP contribution in [0, 0.1) is 10.1 Å². The Hall–Kier alpha value is -2.04. The first-order valence-electron chi connectivity index (χ1n) is 6.61. The number of nitrogens with zero attached hydrogens (tertiary/aromatic N) is 1. The summed E-state index contributed by atoms with van der Waals surface area (Å²) in [5.74, 6) is 0. The molecule has 0 saturated carbocycles. The van der Waals surface area contributed by atoms with Gasteiger partial charge in [0.1, 0.15) is 17.8 Å².